The average Bonchev–Trinajstić information content (AvgIpc) is 3.18. The third-order valence-corrected chi connectivity index (χ3v) is 5.25. The van der Waals surface area contributed by atoms with Crippen molar-refractivity contribution in [3.8, 4) is 0 Å². The molecule has 0 bridgehead atoms. The highest BCUT2D eigenvalue weighted by Crippen LogP contribution is 2.41. The van der Waals surface area contributed by atoms with Crippen LogP contribution >= 0.6 is 0 Å². The van der Waals surface area contributed by atoms with Crippen LogP contribution in [0.4, 0.5) is 10.6 Å². The van der Waals surface area contributed by atoms with Crippen molar-refractivity contribution in [3.63, 3.8) is 0 Å². The van der Waals surface area contributed by atoms with E-state index in [1.807, 2.05) is 12.3 Å². The first-order chi connectivity index (χ1) is 10.6. The number of nitrogens with two attached hydrogens (primary N) is 1. The molecule has 0 radical (unpaired) electrons. The molecule has 1 saturated carbocycles. The molecule has 0 aromatic carbocycles. The molecule has 7 nitrogen and oxygen atoms in total. The Balaban J connectivity index is 1.53. The second-order valence-electron chi connectivity index (χ2n) is 6.44. The smallest absolute Gasteiger partial charge is 0.314 e. The van der Waals surface area contributed by atoms with Crippen LogP contribution in [0, 0.1) is 11.8 Å². The molecule has 2 amide bonds. The molecule has 3 atom stereocenters. The van der Waals surface area contributed by atoms with E-state index >= 15 is 0 Å². The SMILES string of the molecule is CN(c1ncnc2[nH]ccc12)[C@@H]1CC2CN(C(N)=O)C[C@H]2C1. The van der Waals surface area contributed by atoms with E-state index in [-0.39, 0.29) is 6.03 Å². The van der Waals surface area contributed by atoms with Crippen molar-refractivity contribution in [1.29, 1.82) is 0 Å². The first-order valence-corrected chi connectivity index (χ1v) is 7.68. The van der Waals surface area contributed by atoms with Crippen LogP contribution in [0.15, 0.2) is 18.6 Å². The number of primary amides is 1. The molecule has 2 aromatic heterocycles. The largest absolute Gasteiger partial charge is 0.356 e. The third kappa shape index (κ3) is 2.00. The summed E-state index contributed by atoms with van der Waals surface area (Å²) in [6.45, 7) is 1.60. The van der Waals surface area contributed by atoms with E-state index in [9.17, 15) is 4.79 Å². The van der Waals surface area contributed by atoms with Crippen molar-refractivity contribution in [2.24, 2.45) is 17.6 Å². The highest BCUT2D eigenvalue weighted by molar-refractivity contribution is 5.87. The summed E-state index contributed by atoms with van der Waals surface area (Å²) in [6.07, 6.45) is 5.67. The van der Waals surface area contributed by atoms with Crippen LogP contribution in [0.3, 0.4) is 0 Å². The van der Waals surface area contributed by atoms with Crippen LogP contribution in [0.2, 0.25) is 0 Å². The maximum atomic E-state index is 11.3. The Hall–Kier alpha value is -2.31. The Kier molecular flexibility index (Phi) is 2.95. The second kappa shape index (κ2) is 4.86. The van der Waals surface area contributed by atoms with Crippen LogP contribution in [0.5, 0.6) is 0 Å². The number of likely N-dealkylation sites (tertiary alicyclic amines) is 1. The Morgan fingerprint density at radius 1 is 1.36 bits per heavy atom. The number of rotatable bonds is 2. The first-order valence-electron chi connectivity index (χ1n) is 7.68. The van der Waals surface area contributed by atoms with E-state index < -0.39 is 0 Å². The van der Waals surface area contributed by atoms with Gasteiger partial charge in [0.2, 0.25) is 0 Å². The summed E-state index contributed by atoms with van der Waals surface area (Å²) in [5.41, 5.74) is 6.26. The summed E-state index contributed by atoms with van der Waals surface area (Å²) in [7, 11) is 2.10. The molecule has 1 saturated heterocycles. The molecule has 2 aliphatic rings. The zero-order valence-corrected chi connectivity index (χ0v) is 12.6. The first kappa shape index (κ1) is 13.4. The Bertz CT molecular complexity index is 699. The lowest BCUT2D eigenvalue weighted by Gasteiger charge is -2.27. The van der Waals surface area contributed by atoms with Crippen molar-refractivity contribution in [2.45, 2.75) is 18.9 Å². The molecule has 2 aromatic rings. The maximum Gasteiger partial charge on any atom is 0.314 e. The fourth-order valence-electron chi connectivity index (χ4n) is 4.08. The molecule has 2 fully saturated rings. The van der Waals surface area contributed by atoms with Gasteiger partial charge >= 0.3 is 6.03 Å². The van der Waals surface area contributed by atoms with Crippen molar-refractivity contribution in [3.05, 3.63) is 18.6 Å². The zero-order valence-electron chi connectivity index (χ0n) is 12.6. The number of H-pyrrole nitrogens is 1. The third-order valence-electron chi connectivity index (χ3n) is 5.25. The summed E-state index contributed by atoms with van der Waals surface area (Å²) in [5, 5.41) is 1.06. The van der Waals surface area contributed by atoms with Gasteiger partial charge in [0.25, 0.3) is 0 Å². The molecular formula is C15H20N6O. The standard InChI is InChI=1S/C15H20N6O/c1-20(14-12-2-3-17-13(12)18-8-19-14)11-4-9-6-21(15(16)22)7-10(9)5-11/h2-3,8-11H,4-7H2,1H3,(H2,16,22)(H,17,18,19)/t9-,10?,11+/m1/s1. The topological polar surface area (TPSA) is 91.1 Å². The summed E-state index contributed by atoms with van der Waals surface area (Å²) in [6, 6.07) is 2.19. The van der Waals surface area contributed by atoms with Gasteiger partial charge in [-0.15, -0.1) is 0 Å². The molecule has 116 valence electrons. The van der Waals surface area contributed by atoms with Gasteiger partial charge in [-0.25, -0.2) is 14.8 Å². The summed E-state index contributed by atoms with van der Waals surface area (Å²) >= 11 is 0. The normalized spacial score (nSPS) is 27.3. The summed E-state index contributed by atoms with van der Waals surface area (Å²) in [5.74, 6) is 2.09. The molecular weight excluding hydrogens is 280 g/mol. The molecule has 4 rings (SSSR count). The number of aromatic amines is 1. The van der Waals surface area contributed by atoms with Crippen molar-refractivity contribution >= 4 is 22.9 Å². The molecule has 1 aliphatic heterocycles. The summed E-state index contributed by atoms with van der Waals surface area (Å²) < 4.78 is 0. The number of fused-ring (bicyclic) bond motifs is 2. The van der Waals surface area contributed by atoms with E-state index in [0.29, 0.717) is 17.9 Å². The molecule has 7 heteroatoms. The summed E-state index contributed by atoms with van der Waals surface area (Å²) in [4.78, 5) is 27.2. The molecule has 0 spiro atoms. The maximum absolute atomic E-state index is 11.3. The van der Waals surface area contributed by atoms with Gasteiger partial charge in [-0.1, -0.05) is 0 Å². The Morgan fingerprint density at radius 3 is 2.77 bits per heavy atom. The number of urea groups is 1. The van der Waals surface area contributed by atoms with Crippen LogP contribution in [-0.4, -0.2) is 52.1 Å². The van der Waals surface area contributed by atoms with Crippen LogP contribution in [-0.2, 0) is 0 Å². The van der Waals surface area contributed by atoms with Gasteiger partial charge in [0.15, 0.2) is 0 Å². The van der Waals surface area contributed by atoms with Gasteiger partial charge in [0, 0.05) is 32.4 Å². The zero-order chi connectivity index (χ0) is 15.3. The van der Waals surface area contributed by atoms with Crippen LogP contribution in [0.25, 0.3) is 11.0 Å². The van der Waals surface area contributed by atoms with Gasteiger partial charge in [0.1, 0.15) is 17.8 Å². The quantitative estimate of drug-likeness (QED) is 0.871. The van der Waals surface area contributed by atoms with Crippen LogP contribution in [0.1, 0.15) is 12.8 Å². The Labute approximate surface area is 128 Å². The lowest BCUT2D eigenvalue weighted by molar-refractivity contribution is 0.214. The minimum atomic E-state index is -0.288. The van der Waals surface area contributed by atoms with E-state index in [2.05, 4.69) is 26.9 Å². The van der Waals surface area contributed by atoms with Gasteiger partial charge in [-0.2, -0.15) is 0 Å². The lowest BCUT2D eigenvalue weighted by atomic mass is 10.0. The van der Waals surface area contributed by atoms with E-state index in [1.54, 1.807) is 11.2 Å². The van der Waals surface area contributed by atoms with Gasteiger partial charge in [-0.3, -0.25) is 0 Å². The predicted molar refractivity (Wildman–Crippen MR) is 83.5 cm³/mol. The number of nitrogens with zero attached hydrogens (tertiary/aromatic N) is 4. The second-order valence-corrected chi connectivity index (χ2v) is 6.44. The number of anilines is 1. The van der Waals surface area contributed by atoms with Crippen LogP contribution < -0.4 is 10.6 Å². The average molecular weight is 300 g/mol. The number of nitrogens with one attached hydrogen (secondary N) is 1. The minimum Gasteiger partial charge on any atom is -0.356 e. The monoisotopic (exact) mass is 300 g/mol. The van der Waals surface area contributed by atoms with Crippen molar-refractivity contribution in [2.75, 3.05) is 25.0 Å². The fraction of sp³-hybridized carbons (Fsp3) is 0.533. The number of aromatic nitrogens is 3. The van der Waals surface area contributed by atoms with Crippen molar-refractivity contribution in [1.82, 2.24) is 19.9 Å². The number of carbonyl (C=O) groups is 1. The molecule has 22 heavy (non-hydrogen) atoms. The van der Waals surface area contributed by atoms with Gasteiger partial charge in [0.05, 0.1) is 5.39 Å². The van der Waals surface area contributed by atoms with Crippen molar-refractivity contribution < 1.29 is 4.79 Å². The number of hydrogen-bond acceptors (Lipinski definition) is 4. The molecule has 3 N–H and O–H groups in total. The van der Waals surface area contributed by atoms with Gasteiger partial charge < -0.3 is 20.5 Å². The number of carbonyl (C=O) groups excluding carboxylic acids is 1. The van der Waals surface area contributed by atoms with E-state index in [4.69, 9.17) is 5.73 Å². The number of amides is 2. The van der Waals surface area contributed by atoms with E-state index in [1.165, 1.54) is 0 Å². The minimum absolute atomic E-state index is 0.288. The highest BCUT2D eigenvalue weighted by Gasteiger charge is 2.43. The molecule has 1 aliphatic carbocycles. The van der Waals surface area contributed by atoms with Gasteiger partial charge in [-0.05, 0) is 30.7 Å². The Morgan fingerprint density at radius 2 is 2.09 bits per heavy atom. The van der Waals surface area contributed by atoms with E-state index in [0.717, 1.165) is 42.8 Å². The molecule has 3 heterocycles. The number of hydrogen-bond donors (Lipinski definition) is 2. The lowest BCUT2D eigenvalue weighted by Crippen LogP contribution is -2.37. The highest BCUT2D eigenvalue weighted by atomic mass is 16.2. The predicted octanol–water partition coefficient (Wildman–Crippen LogP) is 1.18. The fourth-order valence-corrected chi connectivity index (χ4v) is 4.08. The molecule has 1 unspecified atom stereocenters.